The van der Waals surface area contributed by atoms with Crippen molar-refractivity contribution in [2.24, 2.45) is 5.41 Å². The van der Waals surface area contributed by atoms with Gasteiger partial charge in [-0.15, -0.1) is 31.1 Å². The molecule has 1 aromatic rings. The number of rotatable bonds is 16. The number of aliphatic hydroxyl groups excluding tert-OH is 2. The van der Waals surface area contributed by atoms with Gasteiger partial charge in [0.25, 0.3) is 0 Å². The number of β-amino-alcohol motifs (C(OH)–C–C–N with tert-alkyl or cyclic N) is 1. The Hall–Kier alpha value is -2.59. The highest BCUT2D eigenvalue weighted by molar-refractivity contribution is 5.77. The van der Waals surface area contributed by atoms with E-state index in [2.05, 4.69) is 82.0 Å². The van der Waals surface area contributed by atoms with Gasteiger partial charge >= 0.3 is 0 Å². The van der Waals surface area contributed by atoms with E-state index < -0.39 is 0 Å². The van der Waals surface area contributed by atoms with Crippen LogP contribution in [0.5, 0.6) is 0 Å². The molecule has 0 aliphatic carbocycles. The van der Waals surface area contributed by atoms with E-state index in [1.165, 1.54) is 0 Å². The van der Waals surface area contributed by atoms with E-state index >= 15 is 0 Å². The first kappa shape index (κ1) is 38.4. The third-order valence-corrected chi connectivity index (χ3v) is 7.86. The molecule has 1 aliphatic rings. The van der Waals surface area contributed by atoms with Gasteiger partial charge in [0.05, 0.1) is 25.0 Å². The summed E-state index contributed by atoms with van der Waals surface area (Å²) >= 11 is 0. The zero-order valence-electron chi connectivity index (χ0n) is 27.0. The Morgan fingerprint density at radius 3 is 2.02 bits per heavy atom. The SMILES string of the molecule is C#C.C=CCN1CCN(CC=C)CCN(CC(=O)NCn2cc(C(C)CC(C)(C)CCCO)nn2)CCN(CCO)CC1. The Morgan fingerprint density at radius 2 is 1.51 bits per heavy atom. The molecule has 1 aromatic heterocycles. The fourth-order valence-electron chi connectivity index (χ4n) is 5.47. The maximum absolute atomic E-state index is 13.0. The first-order valence-corrected chi connectivity index (χ1v) is 15.5. The minimum atomic E-state index is -0.0477. The lowest BCUT2D eigenvalue weighted by molar-refractivity contribution is -0.123. The fourth-order valence-corrected chi connectivity index (χ4v) is 5.47. The second kappa shape index (κ2) is 22.0. The minimum absolute atomic E-state index is 0.0477. The number of nitrogens with one attached hydrogen (secondary N) is 1. The summed E-state index contributed by atoms with van der Waals surface area (Å²) in [4.78, 5) is 22.2. The number of aliphatic hydroxyl groups is 2. The van der Waals surface area contributed by atoms with E-state index in [0.717, 1.165) is 90.4 Å². The summed E-state index contributed by atoms with van der Waals surface area (Å²) in [6, 6.07) is 0. The lowest BCUT2D eigenvalue weighted by Crippen LogP contribution is -2.48. The molecule has 3 N–H and O–H groups in total. The van der Waals surface area contributed by atoms with Crippen LogP contribution >= 0.6 is 0 Å². The molecule has 43 heavy (non-hydrogen) atoms. The second-order valence-electron chi connectivity index (χ2n) is 12.1. The standard InChI is InChI=1S/C30H56N8O3.C2H2/c1-6-10-34-12-13-35(11-7-2)16-18-37(19-17-36(15-14-34)20-22-40)25-29(41)31-26-38-24-28(32-33-38)27(3)23-30(4,5)9-8-21-39;1-2/h6-7,24,27,39-40H,1-2,8-23,25-26H2,3-5H3,(H,31,41);1-2H. The van der Waals surface area contributed by atoms with Crippen molar-refractivity contribution in [3.63, 3.8) is 0 Å². The number of hydrogen-bond donors (Lipinski definition) is 3. The summed E-state index contributed by atoms with van der Waals surface area (Å²) in [6.07, 6.45) is 16.5. The molecule has 1 saturated heterocycles. The van der Waals surface area contributed by atoms with E-state index in [4.69, 9.17) is 0 Å². The number of carbonyl (C=O) groups excluding carboxylic acids is 1. The van der Waals surface area contributed by atoms with Gasteiger partial charge in [0.2, 0.25) is 5.91 Å². The summed E-state index contributed by atoms with van der Waals surface area (Å²) < 4.78 is 1.69. The first-order valence-electron chi connectivity index (χ1n) is 15.5. The molecule has 0 aromatic carbocycles. The maximum atomic E-state index is 13.0. The lowest BCUT2D eigenvalue weighted by Gasteiger charge is -2.33. The summed E-state index contributed by atoms with van der Waals surface area (Å²) in [5.41, 5.74) is 1.03. The number of hydrogen-bond acceptors (Lipinski definition) is 9. The molecule has 2 rings (SSSR count). The van der Waals surface area contributed by atoms with E-state index in [1.807, 2.05) is 18.3 Å². The number of aromatic nitrogens is 3. The van der Waals surface area contributed by atoms with E-state index in [-0.39, 0.29) is 37.1 Å². The molecule has 1 fully saturated rings. The number of carbonyl (C=O) groups is 1. The van der Waals surface area contributed by atoms with Gasteiger partial charge in [0.1, 0.15) is 6.67 Å². The lowest BCUT2D eigenvalue weighted by atomic mass is 9.79. The van der Waals surface area contributed by atoms with Crippen molar-refractivity contribution in [2.45, 2.75) is 52.6 Å². The van der Waals surface area contributed by atoms with Crippen molar-refractivity contribution >= 4 is 5.91 Å². The smallest absolute Gasteiger partial charge is 0.235 e. The van der Waals surface area contributed by atoms with Gasteiger partial charge in [-0.2, -0.15) is 0 Å². The Bertz CT molecular complexity index is 935. The van der Waals surface area contributed by atoms with Crippen molar-refractivity contribution in [3.8, 4) is 12.8 Å². The van der Waals surface area contributed by atoms with Crippen molar-refractivity contribution in [1.29, 1.82) is 0 Å². The Kier molecular flexibility index (Phi) is 19.7. The van der Waals surface area contributed by atoms with Crippen molar-refractivity contribution < 1.29 is 15.0 Å². The first-order chi connectivity index (χ1) is 20.7. The zero-order valence-corrected chi connectivity index (χ0v) is 27.0. The Morgan fingerprint density at radius 1 is 0.977 bits per heavy atom. The molecule has 2 heterocycles. The van der Waals surface area contributed by atoms with Crippen LogP contribution in [0.1, 0.15) is 51.6 Å². The average Bonchev–Trinajstić information content (AvgIpc) is 3.47. The molecule has 0 spiro atoms. The summed E-state index contributed by atoms with van der Waals surface area (Å²) in [5.74, 6) is 0.188. The molecule has 11 nitrogen and oxygen atoms in total. The molecule has 1 atom stereocenters. The van der Waals surface area contributed by atoms with E-state index in [9.17, 15) is 15.0 Å². The van der Waals surface area contributed by atoms with Crippen LogP contribution in [0.15, 0.2) is 31.5 Å². The van der Waals surface area contributed by atoms with Gasteiger partial charge in [0.15, 0.2) is 0 Å². The minimum Gasteiger partial charge on any atom is -0.396 e. The van der Waals surface area contributed by atoms with Crippen LogP contribution < -0.4 is 5.32 Å². The highest BCUT2D eigenvalue weighted by Crippen LogP contribution is 2.34. The largest absolute Gasteiger partial charge is 0.396 e. The summed E-state index contributed by atoms with van der Waals surface area (Å²) in [6.45, 7) is 24.4. The van der Waals surface area contributed by atoms with Crippen LogP contribution in [-0.2, 0) is 11.5 Å². The average molecular weight is 603 g/mol. The van der Waals surface area contributed by atoms with Crippen LogP contribution in [-0.4, -0.2) is 142 Å². The summed E-state index contributed by atoms with van der Waals surface area (Å²) in [7, 11) is 0. The molecule has 0 radical (unpaired) electrons. The van der Waals surface area contributed by atoms with Gasteiger partial charge < -0.3 is 15.5 Å². The zero-order chi connectivity index (χ0) is 32.1. The second-order valence-corrected chi connectivity index (χ2v) is 12.1. The molecular weight excluding hydrogens is 544 g/mol. The molecule has 1 amide bonds. The predicted molar refractivity (Wildman–Crippen MR) is 174 cm³/mol. The monoisotopic (exact) mass is 602 g/mol. The molecular formula is C32H58N8O3. The van der Waals surface area contributed by atoms with Crippen LogP contribution in [0.4, 0.5) is 0 Å². The Labute approximate surface area is 260 Å². The van der Waals surface area contributed by atoms with Crippen molar-refractivity contribution in [1.82, 2.24) is 39.9 Å². The fraction of sp³-hybridized carbons (Fsp3) is 0.719. The van der Waals surface area contributed by atoms with Gasteiger partial charge in [-0.3, -0.25) is 24.4 Å². The van der Waals surface area contributed by atoms with E-state index in [1.54, 1.807) is 4.68 Å². The van der Waals surface area contributed by atoms with Gasteiger partial charge in [-0.25, -0.2) is 4.68 Å². The van der Waals surface area contributed by atoms with Crippen molar-refractivity contribution in [2.75, 3.05) is 91.8 Å². The van der Waals surface area contributed by atoms with E-state index in [0.29, 0.717) is 13.1 Å². The maximum Gasteiger partial charge on any atom is 0.235 e. The Balaban J connectivity index is 0.00000452. The summed E-state index contributed by atoms with van der Waals surface area (Å²) in [5, 5.41) is 30.4. The highest BCUT2D eigenvalue weighted by atomic mass is 16.3. The third-order valence-electron chi connectivity index (χ3n) is 7.86. The van der Waals surface area contributed by atoms with Gasteiger partial charge in [-0.05, 0) is 24.7 Å². The molecule has 244 valence electrons. The topological polar surface area (TPSA) is 113 Å². The molecule has 1 aliphatic heterocycles. The van der Waals surface area contributed by atoms with Crippen LogP contribution in [0, 0.1) is 18.3 Å². The molecule has 1 unspecified atom stereocenters. The number of nitrogens with zero attached hydrogens (tertiary/aromatic N) is 7. The van der Waals surface area contributed by atoms with Gasteiger partial charge in [-0.1, -0.05) is 38.1 Å². The quantitative estimate of drug-likeness (QED) is 0.191. The number of terminal acetylenes is 1. The molecule has 0 saturated carbocycles. The highest BCUT2D eigenvalue weighted by Gasteiger charge is 2.23. The third kappa shape index (κ3) is 16.2. The normalized spacial score (nSPS) is 17.6. The molecule has 0 bridgehead atoms. The van der Waals surface area contributed by atoms with Crippen LogP contribution in [0.25, 0.3) is 0 Å². The predicted octanol–water partition coefficient (Wildman–Crippen LogP) is 1.48. The van der Waals surface area contributed by atoms with Crippen molar-refractivity contribution in [3.05, 3.63) is 37.2 Å². The molecule has 11 heteroatoms. The number of amides is 1. The van der Waals surface area contributed by atoms with Gasteiger partial charge in [0, 0.05) is 84.5 Å². The van der Waals surface area contributed by atoms with Crippen LogP contribution in [0.2, 0.25) is 0 Å². The van der Waals surface area contributed by atoms with Crippen LogP contribution in [0.3, 0.4) is 0 Å².